The minimum atomic E-state index is -4.11. The monoisotopic (exact) mass is 440 g/mol. The Labute approximate surface area is 174 Å². The molecule has 0 N–H and O–H groups in total. The number of amides is 1. The fourth-order valence-corrected chi connectivity index (χ4v) is 4.76. The number of esters is 1. The van der Waals surface area contributed by atoms with Crippen molar-refractivity contribution in [2.75, 3.05) is 20.2 Å². The summed E-state index contributed by atoms with van der Waals surface area (Å²) in [7, 11) is -2.56. The van der Waals surface area contributed by atoms with E-state index in [1.165, 1.54) is 17.0 Å². The van der Waals surface area contributed by atoms with E-state index in [-0.39, 0.29) is 37.3 Å². The van der Waals surface area contributed by atoms with Crippen LogP contribution in [0.3, 0.4) is 0 Å². The van der Waals surface area contributed by atoms with Crippen molar-refractivity contribution in [3.63, 3.8) is 0 Å². The van der Waals surface area contributed by atoms with Crippen molar-refractivity contribution in [3.8, 4) is 0 Å². The van der Waals surface area contributed by atoms with Gasteiger partial charge in [-0.15, -0.1) is 0 Å². The molecule has 1 fully saturated rings. The third kappa shape index (κ3) is 4.38. The molecular weight excluding hydrogens is 416 g/mol. The lowest BCUT2D eigenvalue weighted by molar-refractivity contribution is -0.134. The zero-order valence-corrected chi connectivity index (χ0v) is 17.8. The highest BCUT2D eigenvalue weighted by molar-refractivity contribution is 7.89. The quantitative estimate of drug-likeness (QED) is 0.555. The second kappa shape index (κ2) is 8.96. The number of carbonyl (C=O) groups is 2. The normalized spacial score (nSPS) is 17.2. The highest BCUT2D eigenvalue weighted by Gasteiger charge is 2.42. The number of nitrogens with zero attached hydrogens (tertiary/aromatic N) is 4. The first-order chi connectivity index (χ1) is 14.3. The number of hydrogen-bond donors (Lipinski definition) is 0. The van der Waals surface area contributed by atoms with E-state index in [4.69, 9.17) is 13.7 Å². The molecule has 3 heterocycles. The predicted molar refractivity (Wildman–Crippen MR) is 102 cm³/mol. The molecule has 1 unspecified atom stereocenters. The van der Waals surface area contributed by atoms with Gasteiger partial charge in [0.05, 0.1) is 13.2 Å². The summed E-state index contributed by atoms with van der Waals surface area (Å²) in [5, 5.41) is 3.38. The third-order valence-electron chi connectivity index (χ3n) is 4.68. The summed E-state index contributed by atoms with van der Waals surface area (Å²) in [5.74, 6) is -0.535. The van der Waals surface area contributed by atoms with Gasteiger partial charge in [-0.05, 0) is 31.9 Å². The maximum Gasteiger partial charge on any atom is 0.374 e. The van der Waals surface area contributed by atoms with Crippen LogP contribution in [-0.4, -0.2) is 65.9 Å². The largest absolute Gasteiger partial charge is 0.460 e. The summed E-state index contributed by atoms with van der Waals surface area (Å²) < 4.78 is 42.3. The van der Waals surface area contributed by atoms with E-state index in [9.17, 15) is 18.0 Å². The van der Waals surface area contributed by atoms with Crippen LogP contribution in [0, 0.1) is 0 Å². The summed E-state index contributed by atoms with van der Waals surface area (Å²) in [5.41, 5.74) is 0. The number of hydrogen-bond acceptors (Lipinski definition) is 9. The number of likely N-dealkylation sites (N-methyl/N-ethyl adjacent to an activating group) is 1. The molecule has 1 aliphatic rings. The Morgan fingerprint density at radius 3 is 2.77 bits per heavy atom. The van der Waals surface area contributed by atoms with Gasteiger partial charge in [-0.3, -0.25) is 4.79 Å². The zero-order valence-electron chi connectivity index (χ0n) is 17.0. The van der Waals surface area contributed by atoms with Gasteiger partial charge in [-0.25, -0.2) is 13.2 Å². The Morgan fingerprint density at radius 2 is 2.10 bits per heavy atom. The molecule has 3 rings (SSSR count). The highest BCUT2D eigenvalue weighted by atomic mass is 32.2. The maximum atomic E-state index is 13.0. The second-order valence-electron chi connectivity index (χ2n) is 6.77. The van der Waals surface area contributed by atoms with Gasteiger partial charge in [-0.2, -0.15) is 9.29 Å². The van der Waals surface area contributed by atoms with Gasteiger partial charge in [-0.1, -0.05) is 12.1 Å². The smallest absolute Gasteiger partial charge is 0.374 e. The van der Waals surface area contributed by atoms with Crippen molar-refractivity contribution < 1.29 is 31.7 Å². The first kappa shape index (κ1) is 22.0. The van der Waals surface area contributed by atoms with Crippen LogP contribution >= 0.6 is 0 Å². The highest BCUT2D eigenvalue weighted by Crippen LogP contribution is 2.28. The molecule has 2 aromatic rings. The van der Waals surface area contributed by atoms with Gasteiger partial charge in [0.1, 0.15) is 6.04 Å². The molecule has 1 amide bonds. The Balaban J connectivity index is 1.75. The average Bonchev–Trinajstić information content (AvgIpc) is 3.47. The van der Waals surface area contributed by atoms with Gasteiger partial charge in [0.2, 0.25) is 22.7 Å². The lowest BCUT2D eigenvalue weighted by Gasteiger charge is -2.26. The number of sulfonamides is 1. The molecule has 164 valence electrons. The van der Waals surface area contributed by atoms with E-state index in [1.807, 2.05) is 6.92 Å². The SMILES string of the molecule is CCOC(=O)c1ccc(S(=O)(=O)N2CCCC2C(=O)N(C)Cc2nc(CC)no2)o1. The van der Waals surface area contributed by atoms with Crippen molar-refractivity contribution in [3.05, 3.63) is 29.6 Å². The fourth-order valence-electron chi connectivity index (χ4n) is 3.19. The molecule has 0 saturated carbocycles. The average molecular weight is 440 g/mol. The van der Waals surface area contributed by atoms with Gasteiger partial charge in [0.15, 0.2) is 5.82 Å². The van der Waals surface area contributed by atoms with Gasteiger partial charge >= 0.3 is 5.97 Å². The van der Waals surface area contributed by atoms with Crippen molar-refractivity contribution >= 4 is 21.9 Å². The van der Waals surface area contributed by atoms with Crippen LogP contribution in [0.5, 0.6) is 0 Å². The topological polar surface area (TPSA) is 136 Å². The van der Waals surface area contributed by atoms with Crippen LogP contribution < -0.4 is 0 Å². The number of rotatable bonds is 8. The van der Waals surface area contributed by atoms with Crippen LogP contribution in [0.1, 0.15) is 49.0 Å². The number of aromatic nitrogens is 2. The molecule has 0 aliphatic carbocycles. The molecule has 0 radical (unpaired) electrons. The summed E-state index contributed by atoms with van der Waals surface area (Å²) in [4.78, 5) is 30.2. The maximum absolute atomic E-state index is 13.0. The third-order valence-corrected chi connectivity index (χ3v) is 6.47. The molecule has 1 saturated heterocycles. The van der Waals surface area contributed by atoms with Gasteiger partial charge in [0.25, 0.3) is 10.0 Å². The predicted octanol–water partition coefficient (Wildman–Crippen LogP) is 1.21. The van der Waals surface area contributed by atoms with Gasteiger partial charge in [0, 0.05) is 20.0 Å². The minimum Gasteiger partial charge on any atom is -0.460 e. The summed E-state index contributed by atoms with van der Waals surface area (Å²) in [6, 6.07) is 1.55. The lowest BCUT2D eigenvalue weighted by atomic mass is 10.2. The van der Waals surface area contributed by atoms with E-state index in [0.717, 1.165) is 4.31 Å². The molecule has 1 aliphatic heterocycles. The minimum absolute atomic E-state index is 0.0734. The van der Waals surface area contributed by atoms with Crippen molar-refractivity contribution in [2.24, 2.45) is 0 Å². The van der Waals surface area contributed by atoms with E-state index >= 15 is 0 Å². The lowest BCUT2D eigenvalue weighted by Crippen LogP contribution is -2.46. The van der Waals surface area contributed by atoms with Gasteiger partial charge < -0.3 is 18.6 Å². The van der Waals surface area contributed by atoms with E-state index in [0.29, 0.717) is 25.1 Å². The summed E-state index contributed by atoms with van der Waals surface area (Å²) >= 11 is 0. The molecule has 0 bridgehead atoms. The summed E-state index contributed by atoms with van der Waals surface area (Å²) in [6.45, 7) is 3.89. The van der Waals surface area contributed by atoms with Crippen LogP contribution in [-0.2, 0) is 32.5 Å². The van der Waals surface area contributed by atoms with Crippen molar-refractivity contribution in [1.82, 2.24) is 19.3 Å². The summed E-state index contributed by atoms with van der Waals surface area (Å²) in [6.07, 6.45) is 1.50. The number of aryl methyl sites for hydroxylation is 1. The Hall–Kier alpha value is -2.73. The molecule has 1 atom stereocenters. The fraction of sp³-hybridized carbons (Fsp3) is 0.556. The molecule has 12 heteroatoms. The van der Waals surface area contributed by atoms with Crippen LogP contribution in [0.25, 0.3) is 0 Å². The number of carbonyl (C=O) groups excluding carboxylic acids is 2. The van der Waals surface area contributed by atoms with Crippen LogP contribution in [0.4, 0.5) is 0 Å². The Morgan fingerprint density at radius 1 is 1.33 bits per heavy atom. The van der Waals surface area contributed by atoms with Crippen LogP contribution in [0.2, 0.25) is 0 Å². The van der Waals surface area contributed by atoms with Crippen molar-refractivity contribution in [2.45, 2.75) is 50.8 Å². The van der Waals surface area contributed by atoms with E-state index in [2.05, 4.69) is 10.1 Å². The van der Waals surface area contributed by atoms with Crippen LogP contribution in [0.15, 0.2) is 26.2 Å². The second-order valence-corrected chi connectivity index (χ2v) is 8.59. The Kier molecular flexibility index (Phi) is 6.56. The first-order valence-electron chi connectivity index (χ1n) is 9.63. The number of ether oxygens (including phenoxy) is 1. The van der Waals surface area contributed by atoms with E-state index < -0.39 is 27.1 Å². The standard InChI is InChI=1S/C18H24N4O7S/c1-4-14-19-15(29-20-14)11-21(3)17(23)12-7-6-10-22(12)30(25,26)16-9-8-13(28-16)18(24)27-5-2/h8-9,12H,4-7,10-11H2,1-3H3. The molecule has 0 spiro atoms. The zero-order chi connectivity index (χ0) is 21.9. The van der Waals surface area contributed by atoms with Crippen molar-refractivity contribution in [1.29, 1.82) is 0 Å². The molecular formula is C18H24N4O7S. The molecule has 11 nitrogen and oxygen atoms in total. The molecule has 0 aromatic carbocycles. The Bertz CT molecular complexity index is 1010. The first-order valence-corrected chi connectivity index (χ1v) is 11.1. The molecule has 30 heavy (non-hydrogen) atoms. The number of furan rings is 1. The molecule has 2 aromatic heterocycles. The van der Waals surface area contributed by atoms with E-state index in [1.54, 1.807) is 14.0 Å².